The fourth-order valence-corrected chi connectivity index (χ4v) is 3.01. The molecule has 3 N–H and O–H groups in total. The van der Waals surface area contributed by atoms with Crippen molar-refractivity contribution in [1.82, 2.24) is 15.0 Å². The summed E-state index contributed by atoms with van der Waals surface area (Å²) in [4.78, 5) is 5.38. The van der Waals surface area contributed by atoms with Gasteiger partial charge in [0, 0.05) is 42.6 Å². The molecule has 4 nitrogen and oxygen atoms in total. The second-order valence-corrected chi connectivity index (χ2v) is 5.73. The maximum absolute atomic E-state index is 6.13. The smallest absolute Gasteiger partial charge is 0.110 e. The highest BCUT2D eigenvalue weighted by Crippen LogP contribution is 2.27. The molecule has 1 atom stereocenters. The Labute approximate surface area is 122 Å². The van der Waals surface area contributed by atoms with E-state index in [4.69, 9.17) is 17.4 Å². The molecule has 0 saturated carbocycles. The third-order valence-corrected chi connectivity index (χ3v) is 4.54. The number of benzene rings is 1. The maximum atomic E-state index is 6.13. The number of rotatable bonds is 6. The van der Waals surface area contributed by atoms with Gasteiger partial charge in [-0.1, -0.05) is 23.7 Å². The van der Waals surface area contributed by atoms with E-state index in [1.807, 2.05) is 42.1 Å². The van der Waals surface area contributed by atoms with E-state index < -0.39 is 0 Å². The van der Waals surface area contributed by atoms with Crippen molar-refractivity contribution < 1.29 is 0 Å². The Morgan fingerprint density at radius 2 is 2.26 bits per heavy atom. The summed E-state index contributed by atoms with van der Waals surface area (Å²) in [6, 6.07) is 7.98. The molecule has 0 amide bonds. The van der Waals surface area contributed by atoms with E-state index >= 15 is 0 Å². The predicted octanol–water partition coefficient (Wildman–Crippen LogP) is 2.24. The van der Waals surface area contributed by atoms with Crippen LogP contribution in [0.3, 0.4) is 0 Å². The number of hydrazine groups is 1. The number of imidazole rings is 1. The minimum atomic E-state index is 0.155. The highest BCUT2D eigenvalue weighted by molar-refractivity contribution is 7.99. The molecule has 0 fully saturated rings. The van der Waals surface area contributed by atoms with Gasteiger partial charge in [0.25, 0.3) is 0 Å². The van der Waals surface area contributed by atoms with Gasteiger partial charge in [0.05, 0.1) is 5.02 Å². The number of halogens is 1. The molecule has 0 spiro atoms. The molecule has 0 saturated heterocycles. The second kappa shape index (κ2) is 6.96. The van der Waals surface area contributed by atoms with Gasteiger partial charge in [-0.25, -0.2) is 4.98 Å². The van der Waals surface area contributed by atoms with Gasteiger partial charge in [-0.2, -0.15) is 0 Å². The van der Waals surface area contributed by atoms with E-state index in [1.165, 1.54) is 0 Å². The lowest BCUT2D eigenvalue weighted by molar-refractivity contribution is 0.552. The molecular weight excluding hydrogens is 280 g/mol. The standard InChI is InChI=1S/C13H17ClN4S/c1-18-7-6-16-13(18)8-10(17-15)9-19-12-5-3-2-4-11(12)14/h2-7,10,17H,8-9,15H2,1H3. The Bertz CT molecular complexity index is 529. The van der Waals surface area contributed by atoms with E-state index in [9.17, 15) is 0 Å². The lowest BCUT2D eigenvalue weighted by atomic mass is 10.2. The van der Waals surface area contributed by atoms with Crippen LogP contribution in [-0.4, -0.2) is 21.3 Å². The molecule has 2 aromatic rings. The van der Waals surface area contributed by atoms with Crippen molar-refractivity contribution in [3.63, 3.8) is 0 Å². The van der Waals surface area contributed by atoms with Crippen LogP contribution in [0.25, 0.3) is 0 Å². The summed E-state index contributed by atoms with van der Waals surface area (Å²) in [5, 5.41) is 0.778. The molecule has 0 bridgehead atoms. The summed E-state index contributed by atoms with van der Waals surface area (Å²) in [6.45, 7) is 0. The number of nitrogens with two attached hydrogens (primary N) is 1. The van der Waals surface area contributed by atoms with Crippen LogP contribution in [0, 0.1) is 0 Å². The molecule has 0 aliphatic heterocycles. The topological polar surface area (TPSA) is 55.9 Å². The molecular formula is C13H17ClN4S. The third-order valence-electron chi connectivity index (χ3n) is 2.86. The summed E-state index contributed by atoms with van der Waals surface area (Å²) in [6.07, 6.45) is 4.52. The van der Waals surface area contributed by atoms with Gasteiger partial charge in [-0.3, -0.25) is 11.3 Å². The van der Waals surface area contributed by atoms with E-state index in [1.54, 1.807) is 18.0 Å². The lowest BCUT2D eigenvalue weighted by Gasteiger charge is -2.15. The summed E-state index contributed by atoms with van der Waals surface area (Å²) in [5.41, 5.74) is 2.84. The Kier molecular flexibility index (Phi) is 5.27. The van der Waals surface area contributed by atoms with Crippen LogP contribution in [0.4, 0.5) is 0 Å². The Balaban J connectivity index is 1.93. The van der Waals surface area contributed by atoms with Gasteiger partial charge in [0.15, 0.2) is 0 Å². The molecule has 102 valence electrons. The van der Waals surface area contributed by atoms with Gasteiger partial charge in [0.1, 0.15) is 5.82 Å². The number of aryl methyl sites for hydroxylation is 1. The molecule has 2 rings (SSSR count). The molecule has 1 aromatic heterocycles. The Hall–Kier alpha value is -1.01. The van der Waals surface area contributed by atoms with E-state index in [0.29, 0.717) is 0 Å². The summed E-state index contributed by atoms with van der Waals surface area (Å²) in [5.74, 6) is 7.47. The monoisotopic (exact) mass is 296 g/mol. The average molecular weight is 297 g/mol. The zero-order valence-electron chi connectivity index (χ0n) is 10.7. The van der Waals surface area contributed by atoms with Crippen molar-refractivity contribution in [2.75, 3.05) is 5.75 Å². The van der Waals surface area contributed by atoms with Gasteiger partial charge < -0.3 is 4.57 Å². The van der Waals surface area contributed by atoms with Gasteiger partial charge in [-0.05, 0) is 12.1 Å². The highest BCUT2D eigenvalue weighted by atomic mass is 35.5. The minimum absolute atomic E-state index is 0.155. The maximum Gasteiger partial charge on any atom is 0.110 e. The van der Waals surface area contributed by atoms with Crippen LogP contribution in [0.1, 0.15) is 5.82 Å². The van der Waals surface area contributed by atoms with Crippen LogP contribution in [0.2, 0.25) is 5.02 Å². The molecule has 1 unspecified atom stereocenters. The molecule has 1 aromatic carbocycles. The number of nitrogens with zero attached hydrogens (tertiary/aromatic N) is 2. The van der Waals surface area contributed by atoms with E-state index in [-0.39, 0.29) is 6.04 Å². The summed E-state index contributed by atoms with van der Waals surface area (Å²) < 4.78 is 2.00. The van der Waals surface area contributed by atoms with Crippen molar-refractivity contribution in [1.29, 1.82) is 0 Å². The van der Waals surface area contributed by atoms with E-state index in [0.717, 1.165) is 27.9 Å². The van der Waals surface area contributed by atoms with Crippen molar-refractivity contribution >= 4 is 23.4 Å². The first-order valence-electron chi connectivity index (χ1n) is 6.00. The average Bonchev–Trinajstić information content (AvgIpc) is 2.81. The molecule has 1 heterocycles. The second-order valence-electron chi connectivity index (χ2n) is 4.26. The zero-order chi connectivity index (χ0) is 13.7. The van der Waals surface area contributed by atoms with Gasteiger partial charge >= 0.3 is 0 Å². The molecule has 19 heavy (non-hydrogen) atoms. The van der Waals surface area contributed by atoms with Crippen molar-refractivity contribution in [3.05, 3.63) is 47.5 Å². The van der Waals surface area contributed by atoms with Crippen LogP contribution in [0.15, 0.2) is 41.6 Å². The SMILES string of the molecule is Cn1ccnc1CC(CSc1ccccc1Cl)NN. The fourth-order valence-electron chi connectivity index (χ4n) is 1.73. The fraction of sp³-hybridized carbons (Fsp3) is 0.308. The molecule has 6 heteroatoms. The van der Waals surface area contributed by atoms with Crippen LogP contribution in [-0.2, 0) is 13.5 Å². The summed E-state index contributed by atoms with van der Waals surface area (Å²) >= 11 is 7.83. The van der Waals surface area contributed by atoms with Crippen LogP contribution >= 0.6 is 23.4 Å². The van der Waals surface area contributed by atoms with Gasteiger partial charge in [0.2, 0.25) is 0 Å². The Morgan fingerprint density at radius 3 is 2.89 bits per heavy atom. The minimum Gasteiger partial charge on any atom is -0.338 e. The van der Waals surface area contributed by atoms with E-state index in [2.05, 4.69) is 10.4 Å². The molecule has 0 radical (unpaired) electrons. The predicted molar refractivity (Wildman–Crippen MR) is 80.2 cm³/mol. The van der Waals surface area contributed by atoms with Gasteiger partial charge in [-0.15, -0.1) is 11.8 Å². The third kappa shape index (κ3) is 3.98. The number of hydrogen-bond donors (Lipinski definition) is 2. The lowest BCUT2D eigenvalue weighted by Crippen LogP contribution is -2.39. The first-order chi connectivity index (χ1) is 9.20. The number of aromatic nitrogens is 2. The van der Waals surface area contributed by atoms with Crippen molar-refractivity contribution in [2.45, 2.75) is 17.4 Å². The van der Waals surface area contributed by atoms with Crippen molar-refractivity contribution in [3.8, 4) is 0 Å². The first kappa shape index (κ1) is 14.4. The Morgan fingerprint density at radius 1 is 1.47 bits per heavy atom. The largest absolute Gasteiger partial charge is 0.338 e. The van der Waals surface area contributed by atoms with Crippen LogP contribution in [0.5, 0.6) is 0 Å². The zero-order valence-corrected chi connectivity index (χ0v) is 12.3. The quantitative estimate of drug-likeness (QED) is 0.488. The molecule has 0 aliphatic rings. The summed E-state index contributed by atoms with van der Waals surface area (Å²) in [7, 11) is 1.98. The van der Waals surface area contributed by atoms with Crippen LogP contribution < -0.4 is 11.3 Å². The number of hydrogen-bond acceptors (Lipinski definition) is 4. The number of nitrogens with one attached hydrogen (secondary N) is 1. The highest BCUT2D eigenvalue weighted by Gasteiger charge is 2.12. The first-order valence-corrected chi connectivity index (χ1v) is 7.36. The van der Waals surface area contributed by atoms with Crippen molar-refractivity contribution in [2.24, 2.45) is 12.9 Å². The number of thioether (sulfide) groups is 1. The normalized spacial score (nSPS) is 12.6. The molecule has 0 aliphatic carbocycles.